The first-order chi connectivity index (χ1) is 8.04. The normalized spacial score (nSPS) is 10.5. The van der Waals surface area contributed by atoms with Crippen LogP contribution in [0.15, 0.2) is 23.0 Å². The second-order valence-corrected chi connectivity index (χ2v) is 3.70. The minimum atomic E-state index is -0.632. The number of aryl methyl sites for hydroxylation is 1. The summed E-state index contributed by atoms with van der Waals surface area (Å²) in [5.41, 5.74) is 2.06. The zero-order valence-electron chi connectivity index (χ0n) is 9.39. The molecule has 2 N–H and O–H groups in total. The molecule has 0 atom stereocenters. The van der Waals surface area contributed by atoms with Gasteiger partial charge in [0.2, 0.25) is 0 Å². The van der Waals surface area contributed by atoms with E-state index in [1.165, 1.54) is 28.2 Å². The zero-order chi connectivity index (χ0) is 12.6. The molecule has 0 spiro atoms. The van der Waals surface area contributed by atoms with E-state index in [4.69, 9.17) is 5.21 Å². The Balaban J connectivity index is 2.76. The van der Waals surface area contributed by atoms with Gasteiger partial charge in [-0.05, 0) is 25.1 Å². The average Bonchev–Trinajstić information content (AvgIpc) is 2.34. The van der Waals surface area contributed by atoms with E-state index in [0.717, 1.165) is 0 Å². The van der Waals surface area contributed by atoms with Gasteiger partial charge in [-0.2, -0.15) is 0 Å². The molecule has 0 radical (unpaired) electrons. The molecule has 0 unspecified atom stereocenters. The largest absolute Gasteiger partial charge is 0.299 e. The Morgan fingerprint density at radius 2 is 2.18 bits per heavy atom. The smallest absolute Gasteiger partial charge is 0.274 e. The van der Waals surface area contributed by atoms with Crippen LogP contribution in [0.5, 0.6) is 0 Å². The van der Waals surface area contributed by atoms with Gasteiger partial charge in [0.05, 0.1) is 10.9 Å². The molecular formula is C11H11N3O3. The van der Waals surface area contributed by atoms with Crippen molar-refractivity contribution >= 4 is 16.8 Å². The van der Waals surface area contributed by atoms with Gasteiger partial charge >= 0.3 is 0 Å². The highest BCUT2D eigenvalue weighted by Crippen LogP contribution is 2.11. The molecule has 1 amide bonds. The number of hydroxylamine groups is 1. The lowest BCUT2D eigenvalue weighted by Crippen LogP contribution is -2.22. The van der Waals surface area contributed by atoms with Crippen LogP contribution in [0.3, 0.4) is 0 Å². The van der Waals surface area contributed by atoms with E-state index >= 15 is 0 Å². The summed E-state index contributed by atoms with van der Waals surface area (Å²) in [6, 6.07) is 4.45. The minimum absolute atomic E-state index is 0.163. The van der Waals surface area contributed by atoms with Gasteiger partial charge in [-0.3, -0.25) is 19.4 Å². The molecule has 0 aliphatic carbocycles. The summed E-state index contributed by atoms with van der Waals surface area (Å²) in [6.45, 7) is 1.71. The molecular weight excluding hydrogens is 222 g/mol. The van der Waals surface area contributed by atoms with E-state index < -0.39 is 5.91 Å². The number of hydrogen-bond donors (Lipinski definition) is 2. The lowest BCUT2D eigenvalue weighted by atomic mass is 10.1. The summed E-state index contributed by atoms with van der Waals surface area (Å²) < 4.78 is 1.44. The van der Waals surface area contributed by atoms with E-state index in [2.05, 4.69) is 4.98 Å². The third-order valence-electron chi connectivity index (χ3n) is 2.66. The molecule has 1 heterocycles. The Labute approximate surface area is 96.5 Å². The first-order valence-corrected chi connectivity index (χ1v) is 4.96. The SMILES string of the molecule is Cc1nc2cc(C(=O)NO)ccc2c(=O)n1C. The Kier molecular flexibility index (Phi) is 2.64. The van der Waals surface area contributed by atoms with Crippen molar-refractivity contribution in [2.45, 2.75) is 6.92 Å². The number of nitrogens with one attached hydrogen (secondary N) is 1. The molecule has 0 aliphatic heterocycles. The summed E-state index contributed by atoms with van der Waals surface area (Å²) in [5.74, 6) is -0.0731. The lowest BCUT2D eigenvalue weighted by Gasteiger charge is -2.06. The first kappa shape index (κ1) is 11.3. The highest BCUT2D eigenvalue weighted by atomic mass is 16.5. The molecule has 0 bridgehead atoms. The zero-order valence-corrected chi connectivity index (χ0v) is 9.39. The molecule has 88 valence electrons. The van der Waals surface area contributed by atoms with Crippen LogP contribution in [-0.2, 0) is 7.05 Å². The van der Waals surface area contributed by atoms with E-state index in [0.29, 0.717) is 16.7 Å². The van der Waals surface area contributed by atoms with Gasteiger partial charge in [0, 0.05) is 12.6 Å². The van der Waals surface area contributed by atoms with Crippen LogP contribution in [0, 0.1) is 6.92 Å². The van der Waals surface area contributed by atoms with Crippen molar-refractivity contribution in [1.82, 2.24) is 15.0 Å². The van der Waals surface area contributed by atoms with Crippen molar-refractivity contribution in [2.75, 3.05) is 0 Å². The van der Waals surface area contributed by atoms with Crippen molar-refractivity contribution in [3.05, 3.63) is 39.9 Å². The third-order valence-corrected chi connectivity index (χ3v) is 2.66. The van der Waals surface area contributed by atoms with Gasteiger partial charge < -0.3 is 0 Å². The first-order valence-electron chi connectivity index (χ1n) is 4.96. The van der Waals surface area contributed by atoms with E-state index in [1.54, 1.807) is 14.0 Å². The fourth-order valence-electron chi connectivity index (χ4n) is 1.59. The van der Waals surface area contributed by atoms with E-state index in [-0.39, 0.29) is 11.1 Å². The number of fused-ring (bicyclic) bond motifs is 1. The number of aromatic nitrogens is 2. The summed E-state index contributed by atoms with van der Waals surface area (Å²) in [7, 11) is 1.64. The maximum atomic E-state index is 11.9. The van der Waals surface area contributed by atoms with Crippen molar-refractivity contribution in [1.29, 1.82) is 0 Å². The van der Waals surface area contributed by atoms with Crippen molar-refractivity contribution in [2.24, 2.45) is 7.05 Å². The van der Waals surface area contributed by atoms with Crippen LogP contribution in [0.25, 0.3) is 10.9 Å². The number of nitrogens with zero attached hydrogens (tertiary/aromatic N) is 2. The predicted molar refractivity (Wildman–Crippen MR) is 61.0 cm³/mol. The number of rotatable bonds is 1. The van der Waals surface area contributed by atoms with Crippen molar-refractivity contribution in [3.8, 4) is 0 Å². The van der Waals surface area contributed by atoms with Crippen LogP contribution >= 0.6 is 0 Å². The van der Waals surface area contributed by atoms with Gasteiger partial charge in [0.1, 0.15) is 5.82 Å². The Bertz CT molecular complexity index is 661. The van der Waals surface area contributed by atoms with Crippen molar-refractivity contribution in [3.63, 3.8) is 0 Å². The maximum Gasteiger partial charge on any atom is 0.274 e. The highest BCUT2D eigenvalue weighted by Gasteiger charge is 2.09. The molecule has 17 heavy (non-hydrogen) atoms. The van der Waals surface area contributed by atoms with Crippen LogP contribution in [0.4, 0.5) is 0 Å². The van der Waals surface area contributed by atoms with Gasteiger partial charge in [0.15, 0.2) is 0 Å². The summed E-state index contributed by atoms with van der Waals surface area (Å²) in [6.07, 6.45) is 0. The Hall–Kier alpha value is -2.21. The summed E-state index contributed by atoms with van der Waals surface area (Å²) in [5, 5.41) is 8.97. The number of hydrogen-bond acceptors (Lipinski definition) is 4. The number of amides is 1. The third kappa shape index (κ3) is 1.78. The van der Waals surface area contributed by atoms with Crippen LogP contribution < -0.4 is 11.0 Å². The molecule has 0 saturated heterocycles. The quantitative estimate of drug-likeness (QED) is 0.550. The Morgan fingerprint density at radius 1 is 1.47 bits per heavy atom. The van der Waals surface area contributed by atoms with Gasteiger partial charge in [-0.1, -0.05) is 0 Å². The highest BCUT2D eigenvalue weighted by molar-refractivity contribution is 5.96. The molecule has 0 aliphatic rings. The lowest BCUT2D eigenvalue weighted by molar-refractivity contribution is 0.0706. The Morgan fingerprint density at radius 3 is 2.82 bits per heavy atom. The monoisotopic (exact) mass is 233 g/mol. The van der Waals surface area contributed by atoms with Crippen LogP contribution in [0.1, 0.15) is 16.2 Å². The van der Waals surface area contributed by atoms with Crippen molar-refractivity contribution < 1.29 is 10.0 Å². The summed E-state index contributed by atoms with van der Waals surface area (Å²) >= 11 is 0. The molecule has 0 saturated carbocycles. The molecule has 2 aromatic rings. The van der Waals surface area contributed by atoms with Gasteiger partial charge in [-0.15, -0.1) is 0 Å². The van der Waals surface area contributed by atoms with Crippen LogP contribution in [0.2, 0.25) is 0 Å². The summed E-state index contributed by atoms with van der Waals surface area (Å²) in [4.78, 5) is 27.3. The molecule has 0 fully saturated rings. The predicted octanol–water partition coefficient (Wildman–Crippen LogP) is 0.361. The standard InChI is InChI=1S/C11H11N3O3/c1-6-12-9-5-7(10(15)13-17)3-4-8(9)11(16)14(6)2/h3-5,17H,1-2H3,(H,13,15). The molecule has 6 nitrogen and oxygen atoms in total. The van der Waals surface area contributed by atoms with Gasteiger partial charge in [-0.25, -0.2) is 10.5 Å². The number of carbonyl (C=O) groups is 1. The molecule has 2 rings (SSSR count). The average molecular weight is 233 g/mol. The minimum Gasteiger partial charge on any atom is -0.299 e. The molecule has 1 aromatic carbocycles. The van der Waals surface area contributed by atoms with Gasteiger partial charge in [0.25, 0.3) is 11.5 Å². The second-order valence-electron chi connectivity index (χ2n) is 3.70. The fraction of sp³-hybridized carbons (Fsp3) is 0.182. The topological polar surface area (TPSA) is 84.2 Å². The number of carbonyl (C=O) groups excluding carboxylic acids is 1. The second kappa shape index (κ2) is 3.99. The van der Waals surface area contributed by atoms with Crippen LogP contribution in [-0.4, -0.2) is 20.7 Å². The van der Waals surface area contributed by atoms with E-state index in [9.17, 15) is 9.59 Å². The van der Waals surface area contributed by atoms with E-state index in [1.807, 2.05) is 0 Å². The molecule has 6 heteroatoms. The fourth-order valence-corrected chi connectivity index (χ4v) is 1.59. The number of benzene rings is 1. The maximum absolute atomic E-state index is 11.9. The molecule has 1 aromatic heterocycles.